The summed E-state index contributed by atoms with van der Waals surface area (Å²) in [7, 11) is 0. The largest absolute Gasteiger partial charge is 0.370 e. The molecule has 0 saturated heterocycles. The first-order valence-electron chi connectivity index (χ1n) is 7.20. The molecule has 0 spiro atoms. The van der Waals surface area contributed by atoms with Crippen LogP contribution in [0, 0.1) is 0 Å². The van der Waals surface area contributed by atoms with E-state index < -0.39 is 0 Å². The molecule has 5 heteroatoms. The molecule has 1 aromatic heterocycles. The standard InChI is InChI=1S/C14H24N4S/c1-4-15-12-8-13(16-10(3)9-19-5-2)18-14(17-12)11-6-7-11/h8,10-11H,4-7,9H2,1-3H3,(H2,15,16,17,18). The molecule has 0 aliphatic heterocycles. The molecular formula is C14H24N4S. The highest BCUT2D eigenvalue weighted by molar-refractivity contribution is 7.99. The van der Waals surface area contributed by atoms with E-state index in [1.165, 1.54) is 12.8 Å². The molecule has 1 atom stereocenters. The van der Waals surface area contributed by atoms with Gasteiger partial charge in [0.15, 0.2) is 0 Å². The monoisotopic (exact) mass is 280 g/mol. The van der Waals surface area contributed by atoms with Gasteiger partial charge in [0.1, 0.15) is 17.5 Å². The van der Waals surface area contributed by atoms with Crippen LogP contribution in [0.1, 0.15) is 45.4 Å². The van der Waals surface area contributed by atoms with Crippen LogP contribution >= 0.6 is 11.8 Å². The van der Waals surface area contributed by atoms with Gasteiger partial charge in [-0.25, -0.2) is 9.97 Å². The second kappa shape index (κ2) is 6.98. The van der Waals surface area contributed by atoms with Crippen LogP contribution in [0.25, 0.3) is 0 Å². The molecule has 0 amide bonds. The lowest BCUT2D eigenvalue weighted by atomic mass is 10.3. The van der Waals surface area contributed by atoms with E-state index in [1.54, 1.807) is 0 Å². The number of hydrogen-bond donors (Lipinski definition) is 2. The summed E-state index contributed by atoms with van der Waals surface area (Å²) in [4.78, 5) is 9.24. The summed E-state index contributed by atoms with van der Waals surface area (Å²) >= 11 is 1.95. The van der Waals surface area contributed by atoms with E-state index in [1.807, 2.05) is 17.8 Å². The molecule has 0 radical (unpaired) electrons. The average molecular weight is 280 g/mol. The predicted octanol–water partition coefficient (Wildman–Crippen LogP) is 3.34. The van der Waals surface area contributed by atoms with Crippen LogP contribution in [0.4, 0.5) is 11.6 Å². The summed E-state index contributed by atoms with van der Waals surface area (Å²) in [6, 6.07) is 2.45. The summed E-state index contributed by atoms with van der Waals surface area (Å²) < 4.78 is 0. The van der Waals surface area contributed by atoms with Crippen molar-refractivity contribution in [2.45, 2.75) is 45.6 Å². The fourth-order valence-electron chi connectivity index (χ4n) is 1.92. The Balaban J connectivity index is 2.05. The maximum Gasteiger partial charge on any atom is 0.136 e. The fourth-order valence-corrected chi connectivity index (χ4v) is 2.60. The van der Waals surface area contributed by atoms with Crippen LogP contribution in [0.5, 0.6) is 0 Å². The Morgan fingerprint density at radius 1 is 1.32 bits per heavy atom. The normalized spacial score (nSPS) is 16.2. The van der Waals surface area contributed by atoms with Crippen LogP contribution in [-0.2, 0) is 0 Å². The number of aromatic nitrogens is 2. The lowest BCUT2D eigenvalue weighted by Crippen LogP contribution is -2.19. The molecular weight excluding hydrogens is 256 g/mol. The number of anilines is 2. The van der Waals surface area contributed by atoms with Crippen LogP contribution < -0.4 is 10.6 Å². The smallest absolute Gasteiger partial charge is 0.136 e. The van der Waals surface area contributed by atoms with Gasteiger partial charge in [0.2, 0.25) is 0 Å². The summed E-state index contributed by atoms with van der Waals surface area (Å²) in [5.41, 5.74) is 0. The number of nitrogens with one attached hydrogen (secondary N) is 2. The topological polar surface area (TPSA) is 49.8 Å². The number of rotatable bonds is 8. The summed E-state index contributed by atoms with van der Waals surface area (Å²) in [5.74, 6) is 5.74. The molecule has 2 N–H and O–H groups in total. The Kier molecular flexibility index (Phi) is 5.31. The van der Waals surface area contributed by atoms with Gasteiger partial charge in [-0.3, -0.25) is 0 Å². The maximum atomic E-state index is 4.65. The third kappa shape index (κ3) is 4.56. The van der Waals surface area contributed by atoms with Gasteiger partial charge >= 0.3 is 0 Å². The number of hydrogen-bond acceptors (Lipinski definition) is 5. The van der Waals surface area contributed by atoms with Gasteiger partial charge in [-0.15, -0.1) is 0 Å². The minimum absolute atomic E-state index is 0.432. The third-order valence-corrected chi connectivity index (χ3v) is 4.15. The molecule has 1 aliphatic rings. The Morgan fingerprint density at radius 3 is 2.68 bits per heavy atom. The van der Waals surface area contributed by atoms with Crippen molar-refractivity contribution in [1.82, 2.24) is 9.97 Å². The summed E-state index contributed by atoms with van der Waals surface area (Å²) in [6.07, 6.45) is 2.46. The van der Waals surface area contributed by atoms with Crippen LogP contribution in [-0.4, -0.2) is 34.1 Å². The van der Waals surface area contributed by atoms with E-state index in [4.69, 9.17) is 0 Å². The highest BCUT2D eigenvalue weighted by Crippen LogP contribution is 2.38. The van der Waals surface area contributed by atoms with Crippen molar-refractivity contribution >= 4 is 23.4 Å². The third-order valence-electron chi connectivity index (χ3n) is 3.01. The lowest BCUT2D eigenvalue weighted by Gasteiger charge is -2.15. The lowest BCUT2D eigenvalue weighted by molar-refractivity contribution is 0.872. The first-order valence-corrected chi connectivity index (χ1v) is 8.35. The first kappa shape index (κ1) is 14.4. The van der Waals surface area contributed by atoms with Gasteiger partial charge in [0, 0.05) is 30.3 Å². The van der Waals surface area contributed by atoms with Crippen LogP contribution in [0.15, 0.2) is 6.07 Å². The SMILES string of the molecule is CCNc1cc(NC(C)CSCC)nc(C2CC2)n1. The Bertz CT molecular complexity index is 406. The van der Waals surface area contributed by atoms with Crippen molar-refractivity contribution in [3.05, 3.63) is 11.9 Å². The van der Waals surface area contributed by atoms with E-state index in [2.05, 4.69) is 41.4 Å². The van der Waals surface area contributed by atoms with Gasteiger partial charge in [-0.2, -0.15) is 11.8 Å². The van der Waals surface area contributed by atoms with Gasteiger partial charge in [0.05, 0.1) is 0 Å². The zero-order chi connectivity index (χ0) is 13.7. The Morgan fingerprint density at radius 2 is 2.05 bits per heavy atom. The minimum atomic E-state index is 0.432. The molecule has 1 heterocycles. The van der Waals surface area contributed by atoms with Crippen LogP contribution in [0.2, 0.25) is 0 Å². The van der Waals surface area contributed by atoms with Crippen molar-refractivity contribution in [3.8, 4) is 0 Å². The first-order chi connectivity index (χ1) is 9.22. The second-order valence-corrected chi connectivity index (χ2v) is 6.33. The number of thioether (sulfide) groups is 1. The molecule has 19 heavy (non-hydrogen) atoms. The molecule has 1 aromatic rings. The van der Waals surface area contributed by atoms with Crippen molar-refractivity contribution in [1.29, 1.82) is 0 Å². The molecule has 1 unspecified atom stereocenters. The van der Waals surface area contributed by atoms with E-state index >= 15 is 0 Å². The van der Waals surface area contributed by atoms with E-state index in [0.29, 0.717) is 12.0 Å². The summed E-state index contributed by atoms with van der Waals surface area (Å²) in [6.45, 7) is 7.37. The van der Waals surface area contributed by atoms with Crippen molar-refractivity contribution in [2.75, 3.05) is 28.7 Å². The van der Waals surface area contributed by atoms with Crippen LogP contribution in [0.3, 0.4) is 0 Å². The molecule has 4 nitrogen and oxygen atoms in total. The highest BCUT2D eigenvalue weighted by Gasteiger charge is 2.27. The molecule has 106 valence electrons. The zero-order valence-electron chi connectivity index (χ0n) is 12.1. The van der Waals surface area contributed by atoms with Crippen molar-refractivity contribution in [3.63, 3.8) is 0 Å². The highest BCUT2D eigenvalue weighted by atomic mass is 32.2. The summed E-state index contributed by atoms with van der Waals surface area (Å²) in [5, 5.41) is 6.78. The van der Waals surface area contributed by atoms with Gasteiger partial charge in [-0.1, -0.05) is 6.92 Å². The van der Waals surface area contributed by atoms with Gasteiger partial charge in [-0.05, 0) is 32.4 Å². The maximum absolute atomic E-state index is 4.65. The molecule has 1 saturated carbocycles. The van der Waals surface area contributed by atoms with E-state index in [0.717, 1.165) is 35.5 Å². The van der Waals surface area contributed by atoms with Gasteiger partial charge < -0.3 is 10.6 Å². The average Bonchev–Trinajstić information content (AvgIpc) is 3.20. The minimum Gasteiger partial charge on any atom is -0.370 e. The molecule has 2 rings (SSSR count). The van der Waals surface area contributed by atoms with Gasteiger partial charge in [0.25, 0.3) is 0 Å². The molecule has 0 aromatic carbocycles. The molecule has 0 bridgehead atoms. The second-order valence-electron chi connectivity index (χ2n) is 5.01. The number of nitrogens with zero attached hydrogens (tertiary/aromatic N) is 2. The molecule has 1 fully saturated rings. The Hall–Kier alpha value is -0.970. The fraction of sp³-hybridized carbons (Fsp3) is 0.714. The predicted molar refractivity (Wildman–Crippen MR) is 84.3 cm³/mol. The zero-order valence-corrected chi connectivity index (χ0v) is 12.9. The quantitative estimate of drug-likeness (QED) is 0.765. The van der Waals surface area contributed by atoms with Crippen molar-refractivity contribution < 1.29 is 0 Å². The van der Waals surface area contributed by atoms with E-state index in [-0.39, 0.29) is 0 Å². The Labute approximate surface area is 120 Å². The van der Waals surface area contributed by atoms with Crippen molar-refractivity contribution in [2.24, 2.45) is 0 Å². The molecule has 1 aliphatic carbocycles. The van der Waals surface area contributed by atoms with E-state index in [9.17, 15) is 0 Å².